The van der Waals surface area contributed by atoms with E-state index in [2.05, 4.69) is 10.6 Å². The van der Waals surface area contributed by atoms with Gasteiger partial charge in [0, 0.05) is 12.8 Å². The minimum absolute atomic E-state index is 0.122. The van der Waals surface area contributed by atoms with Gasteiger partial charge in [0.2, 0.25) is 11.8 Å². The van der Waals surface area contributed by atoms with E-state index < -0.39 is 18.1 Å². The number of hydrogen-bond acceptors (Lipinski definition) is 5. The zero-order valence-electron chi connectivity index (χ0n) is 14.2. The molecule has 1 aliphatic heterocycles. The molecule has 8 heteroatoms. The molecule has 25 heavy (non-hydrogen) atoms. The summed E-state index contributed by atoms with van der Waals surface area (Å²) in [5, 5.41) is 13.4. The molecule has 3 amide bonds. The van der Waals surface area contributed by atoms with Gasteiger partial charge in [0.1, 0.15) is 12.6 Å². The highest BCUT2D eigenvalue weighted by atomic mass is 16.5. The van der Waals surface area contributed by atoms with Gasteiger partial charge in [-0.25, -0.2) is 9.59 Å². The molecule has 136 valence electrons. The zero-order chi connectivity index (χ0) is 18.8. The van der Waals surface area contributed by atoms with E-state index in [1.807, 2.05) is 30.3 Å². The van der Waals surface area contributed by atoms with Crippen LogP contribution in [0.2, 0.25) is 0 Å². The van der Waals surface area contributed by atoms with Crippen LogP contribution in [0.5, 0.6) is 0 Å². The molecule has 0 unspecified atom stereocenters. The third kappa shape index (κ3) is 7.96. The summed E-state index contributed by atoms with van der Waals surface area (Å²) < 4.78 is 4.95. The molecule has 0 bridgehead atoms. The number of imide groups is 1. The molecule has 1 saturated heterocycles. The molecule has 0 aromatic heterocycles. The number of benzene rings is 1. The smallest absolute Gasteiger partial charge is 0.408 e. The molecular weight excluding hydrogens is 328 g/mol. The Morgan fingerprint density at radius 2 is 1.72 bits per heavy atom. The van der Waals surface area contributed by atoms with Crippen LogP contribution >= 0.6 is 0 Å². The molecule has 1 atom stereocenters. The number of rotatable bonds is 5. The van der Waals surface area contributed by atoms with Crippen molar-refractivity contribution in [2.24, 2.45) is 5.92 Å². The van der Waals surface area contributed by atoms with Crippen molar-refractivity contribution >= 4 is 23.9 Å². The van der Waals surface area contributed by atoms with E-state index in [1.165, 1.54) is 0 Å². The Kier molecular flexibility index (Phi) is 8.11. The highest BCUT2D eigenvalue weighted by molar-refractivity contribution is 6.01. The molecule has 2 rings (SSSR count). The molecule has 1 fully saturated rings. The number of aliphatic carboxylic acids is 1. The van der Waals surface area contributed by atoms with Crippen molar-refractivity contribution in [1.82, 2.24) is 10.6 Å². The number of hydrogen-bond donors (Lipinski definition) is 3. The Morgan fingerprint density at radius 1 is 1.16 bits per heavy atom. The van der Waals surface area contributed by atoms with Crippen molar-refractivity contribution < 1.29 is 29.0 Å². The van der Waals surface area contributed by atoms with Gasteiger partial charge in [0.25, 0.3) is 0 Å². The van der Waals surface area contributed by atoms with Crippen LogP contribution in [0.25, 0.3) is 0 Å². The molecule has 0 aliphatic carbocycles. The number of carbonyl (C=O) groups is 4. The van der Waals surface area contributed by atoms with Crippen molar-refractivity contribution in [3.63, 3.8) is 0 Å². The molecule has 1 aromatic rings. The molecule has 0 saturated carbocycles. The quantitative estimate of drug-likeness (QED) is 0.691. The first kappa shape index (κ1) is 20.1. The SMILES string of the molecule is CC(C)[C@H](NC(=O)OCc1ccccc1)C(=O)O.O=C1CCC(=O)N1. The van der Waals surface area contributed by atoms with E-state index in [0.717, 1.165) is 5.56 Å². The Bertz CT molecular complexity index is 601. The number of carboxylic acids is 1. The number of nitrogens with one attached hydrogen (secondary N) is 2. The van der Waals surface area contributed by atoms with Gasteiger partial charge >= 0.3 is 12.1 Å². The minimum Gasteiger partial charge on any atom is -0.480 e. The van der Waals surface area contributed by atoms with Crippen LogP contribution in [0.4, 0.5) is 4.79 Å². The fourth-order valence-electron chi connectivity index (χ4n) is 1.91. The van der Waals surface area contributed by atoms with Gasteiger partial charge in [-0.15, -0.1) is 0 Å². The molecular formula is C17H22N2O6. The van der Waals surface area contributed by atoms with E-state index in [9.17, 15) is 19.2 Å². The summed E-state index contributed by atoms with van der Waals surface area (Å²) >= 11 is 0. The van der Waals surface area contributed by atoms with Crippen molar-refractivity contribution in [3.8, 4) is 0 Å². The Labute approximate surface area is 145 Å². The van der Waals surface area contributed by atoms with Gasteiger partial charge in [-0.1, -0.05) is 44.2 Å². The monoisotopic (exact) mass is 350 g/mol. The fourth-order valence-corrected chi connectivity index (χ4v) is 1.91. The highest BCUT2D eigenvalue weighted by Gasteiger charge is 2.23. The third-order valence-electron chi connectivity index (χ3n) is 3.28. The normalized spacial score (nSPS) is 14.2. The Hall–Kier alpha value is -2.90. The average molecular weight is 350 g/mol. The van der Waals surface area contributed by atoms with Crippen LogP contribution in [0.3, 0.4) is 0 Å². The van der Waals surface area contributed by atoms with Gasteiger partial charge in [0.05, 0.1) is 0 Å². The van der Waals surface area contributed by atoms with E-state index in [-0.39, 0.29) is 24.3 Å². The second-order valence-electron chi connectivity index (χ2n) is 5.74. The standard InChI is InChI=1S/C13H17NO4.C4H5NO2/c1-9(2)11(12(15)16)14-13(17)18-8-10-6-4-3-5-7-10;6-3-1-2-4(7)5-3/h3-7,9,11H,8H2,1-2H3,(H,14,17)(H,15,16);1-2H2,(H,5,6,7)/t11-;/m0./s1. The summed E-state index contributed by atoms with van der Waals surface area (Å²) in [6, 6.07) is 8.25. The predicted octanol–water partition coefficient (Wildman–Crippen LogP) is 1.44. The van der Waals surface area contributed by atoms with E-state index in [1.54, 1.807) is 13.8 Å². The lowest BCUT2D eigenvalue weighted by molar-refractivity contribution is -0.140. The lowest BCUT2D eigenvalue weighted by Crippen LogP contribution is -2.44. The number of carboxylic acid groups (broad SMARTS) is 1. The van der Waals surface area contributed by atoms with Crippen LogP contribution in [0.15, 0.2) is 30.3 Å². The number of amides is 3. The van der Waals surface area contributed by atoms with E-state index in [4.69, 9.17) is 9.84 Å². The third-order valence-corrected chi connectivity index (χ3v) is 3.28. The summed E-state index contributed by atoms with van der Waals surface area (Å²) in [6.07, 6.45) is 0.0254. The number of carbonyl (C=O) groups excluding carboxylic acids is 3. The summed E-state index contributed by atoms with van der Waals surface area (Å²) in [7, 11) is 0. The van der Waals surface area contributed by atoms with Crippen molar-refractivity contribution in [1.29, 1.82) is 0 Å². The van der Waals surface area contributed by atoms with Crippen LogP contribution in [0.1, 0.15) is 32.3 Å². The summed E-state index contributed by atoms with van der Waals surface area (Å²) in [5.74, 6) is -1.57. The molecule has 1 aliphatic rings. The molecule has 8 nitrogen and oxygen atoms in total. The van der Waals surface area contributed by atoms with Gasteiger partial charge in [-0.2, -0.15) is 0 Å². The number of alkyl carbamates (subject to hydrolysis) is 1. The lowest BCUT2D eigenvalue weighted by atomic mass is 10.1. The molecule has 1 aromatic carbocycles. The number of ether oxygens (including phenoxy) is 1. The fraction of sp³-hybridized carbons (Fsp3) is 0.412. The second kappa shape index (κ2) is 10.1. The van der Waals surface area contributed by atoms with Crippen LogP contribution in [-0.4, -0.2) is 35.0 Å². The zero-order valence-corrected chi connectivity index (χ0v) is 14.2. The Balaban J connectivity index is 0.000000370. The molecule has 1 heterocycles. The first-order chi connectivity index (χ1) is 11.8. The van der Waals surface area contributed by atoms with Crippen LogP contribution < -0.4 is 10.6 Å². The molecule has 0 spiro atoms. The maximum Gasteiger partial charge on any atom is 0.408 e. The second-order valence-corrected chi connectivity index (χ2v) is 5.74. The van der Waals surface area contributed by atoms with Crippen molar-refractivity contribution in [2.45, 2.75) is 39.3 Å². The Morgan fingerprint density at radius 3 is 2.12 bits per heavy atom. The predicted molar refractivity (Wildman–Crippen MR) is 88.4 cm³/mol. The summed E-state index contributed by atoms with van der Waals surface area (Å²) in [4.78, 5) is 42.6. The van der Waals surface area contributed by atoms with Gasteiger partial charge in [-0.3, -0.25) is 14.9 Å². The maximum absolute atomic E-state index is 11.4. The molecule has 0 radical (unpaired) electrons. The topological polar surface area (TPSA) is 122 Å². The van der Waals surface area contributed by atoms with Crippen molar-refractivity contribution in [2.75, 3.05) is 0 Å². The maximum atomic E-state index is 11.4. The van der Waals surface area contributed by atoms with Crippen LogP contribution in [0, 0.1) is 5.92 Å². The van der Waals surface area contributed by atoms with Gasteiger partial charge in [-0.05, 0) is 11.5 Å². The minimum atomic E-state index is -1.07. The van der Waals surface area contributed by atoms with Crippen LogP contribution in [-0.2, 0) is 25.7 Å². The van der Waals surface area contributed by atoms with Gasteiger partial charge in [0.15, 0.2) is 0 Å². The largest absolute Gasteiger partial charge is 0.480 e. The van der Waals surface area contributed by atoms with E-state index in [0.29, 0.717) is 12.8 Å². The first-order valence-electron chi connectivity index (χ1n) is 7.82. The summed E-state index contributed by atoms with van der Waals surface area (Å²) in [5.41, 5.74) is 0.851. The van der Waals surface area contributed by atoms with Gasteiger partial charge < -0.3 is 15.2 Å². The highest BCUT2D eigenvalue weighted by Crippen LogP contribution is 2.04. The van der Waals surface area contributed by atoms with Crippen molar-refractivity contribution in [3.05, 3.63) is 35.9 Å². The first-order valence-corrected chi connectivity index (χ1v) is 7.82. The molecule has 3 N–H and O–H groups in total. The van der Waals surface area contributed by atoms with E-state index >= 15 is 0 Å². The average Bonchev–Trinajstić information content (AvgIpc) is 2.94. The summed E-state index contributed by atoms with van der Waals surface area (Å²) in [6.45, 7) is 3.56. The lowest BCUT2D eigenvalue weighted by Gasteiger charge is -2.17.